The van der Waals surface area contributed by atoms with Crippen LogP contribution in [-0.4, -0.2) is 77.7 Å². The molecular formula is C24H30N2O8. The van der Waals surface area contributed by atoms with Crippen molar-refractivity contribution in [2.24, 2.45) is 0 Å². The largest absolute Gasteiger partial charge is 0.445 e. The zero-order valence-corrected chi connectivity index (χ0v) is 18.7. The number of nitrogens with one attached hydrogen (secondary N) is 2. The molecule has 0 aliphatic carbocycles. The molecule has 1 heterocycles. The van der Waals surface area contributed by atoms with Crippen molar-refractivity contribution >= 4 is 12.0 Å². The molecule has 10 heteroatoms. The minimum absolute atomic E-state index is 0.0252. The standard InChI is InChI=1S/C24H30N2O8/c1-32-23-21(29)19(20(28)18(13-27)34-23)26-22(30)17(12-15-8-4-2-5-9-15)25-24(31)33-14-16-10-6-3-7-11-16/h2-11,17-21,23,27-29H,12-14H2,1H3,(H,25,31)(H,26,30). The summed E-state index contributed by atoms with van der Waals surface area (Å²) in [5.41, 5.74) is 1.57. The van der Waals surface area contributed by atoms with Crippen molar-refractivity contribution in [3.8, 4) is 0 Å². The van der Waals surface area contributed by atoms with E-state index in [9.17, 15) is 24.9 Å². The van der Waals surface area contributed by atoms with Crippen LogP contribution in [-0.2, 0) is 32.0 Å². The highest BCUT2D eigenvalue weighted by Gasteiger charge is 2.45. The van der Waals surface area contributed by atoms with Crippen LogP contribution in [0, 0.1) is 0 Å². The van der Waals surface area contributed by atoms with E-state index in [4.69, 9.17) is 14.2 Å². The number of aliphatic hydroxyl groups is 3. The van der Waals surface area contributed by atoms with Crippen LogP contribution in [0.25, 0.3) is 0 Å². The molecule has 6 unspecified atom stereocenters. The van der Waals surface area contributed by atoms with Gasteiger partial charge in [-0.25, -0.2) is 4.79 Å². The van der Waals surface area contributed by atoms with E-state index in [-0.39, 0.29) is 13.0 Å². The molecule has 10 nitrogen and oxygen atoms in total. The lowest BCUT2D eigenvalue weighted by Crippen LogP contribution is -2.66. The van der Waals surface area contributed by atoms with Crippen molar-refractivity contribution in [1.29, 1.82) is 0 Å². The minimum atomic E-state index is -1.41. The van der Waals surface area contributed by atoms with Crippen LogP contribution in [0.15, 0.2) is 60.7 Å². The van der Waals surface area contributed by atoms with Crippen LogP contribution in [0.1, 0.15) is 11.1 Å². The lowest BCUT2D eigenvalue weighted by molar-refractivity contribution is -0.271. The first-order chi connectivity index (χ1) is 16.4. The van der Waals surface area contributed by atoms with Gasteiger partial charge in [-0.3, -0.25) is 4.79 Å². The number of carbonyl (C=O) groups is 2. The molecule has 0 spiro atoms. The number of carbonyl (C=O) groups excluding carboxylic acids is 2. The van der Waals surface area contributed by atoms with Gasteiger partial charge in [-0.1, -0.05) is 60.7 Å². The molecule has 184 valence electrons. The van der Waals surface area contributed by atoms with Gasteiger partial charge in [0.15, 0.2) is 6.29 Å². The molecule has 1 fully saturated rings. The number of rotatable bonds is 9. The smallest absolute Gasteiger partial charge is 0.408 e. The third-order valence-electron chi connectivity index (χ3n) is 5.53. The molecule has 34 heavy (non-hydrogen) atoms. The number of amides is 2. The Morgan fingerprint density at radius 2 is 1.62 bits per heavy atom. The van der Waals surface area contributed by atoms with E-state index in [0.29, 0.717) is 0 Å². The maximum absolute atomic E-state index is 13.2. The first-order valence-corrected chi connectivity index (χ1v) is 10.9. The molecule has 1 aliphatic rings. The predicted molar refractivity (Wildman–Crippen MR) is 120 cm³/mol. The van der Waals surface area contributed by atoms with E-state index in [1.807, 2.05) is 24.3 Å². The Morgan fingerprint density at radius 3 is 2.21 bits per heavy atom. The number of benzene rings is 2. The van der Waals surface area contributed by atoms with Gasteiger partial charge >= 0.3 is 6.09 Å². The average molecular weight is 475 g/mol. The first-order valence-electron chi connectivity index (χ1n) is 10.9. The van der Waals surface area contributed by atoms with Crippen LogP contribution < -0.4 is 10.6 Å². The van der Waals surface area contributed by atoms with Gasteiger partial charge in [-0.2, -0.15) is 0 Å². The lowest BCUT2D eigenvalue weighted by atomic mass is 9.95. The molecule has 1 aliphatic heterocycles. The molecule has 0 radical (unpaired) electrons. The van der Waals surface area contributed by atoms with E-state index in [1.54, 1.807) is 36.4 Å². The molecule has 6 atom stereocenters. The number of aliphatic hydroxyl groups excluding tert-OH is 3. The molecule has 0 bridgehead atoms. The second-order valence-electron chi connectivity index (χ2n) is 7.93. The van der Waals surface area contributed by atoms with E-state index in [1.165, 1.54) is 7.11 Å². The molecule has 2 aromatic rings. The summed E-state index contributed by atoms with van der Waals surface area (Å²) in [4.78, 5) is 25.6. The Bertz CT molecular complexity index is 898. The van der Waals surface area contributed by atoms with Gasteiger partial charge in [0.2, 0.25) is 5.91 Å². The molecule has 0 aromatic heterocycles. The zero-order valence-electron chi connectivity index (χ0n) is 18.7. The van der Waals surface area contributed by atoms with Crippen LogP contribution in [0.3, 0.4) is 0 Å². The van der Waals surface area contributed by atoms with Crippen molar-refractivity contribution in [1.82, 2.24) is 10.6 Å². The van der Waals surface area contributed by atoms with E-state index < -0.39 is 55.3 Å². The summed E-state index contributed by atoms with van der Waals surface area (Å²) < 4.78 is 15.6. The van der Waals surface area contributed by atoms with Gasteiger partial charge < -0.3 is 40.2 Å². The number of hydrogen-bond donors (Lipinski definition) is 5. The van der Waals surface area contributed by atoms with Gasteiger partial charge in [0.1, 0.15) is 31.0 Å². The summed E-state index contributed by atoms with van der Waals surface area (Å²) in [5.74, 6) is -0.656. The molecule has 3 rings (SSSR count). The summed E-state index contributed by atoms with van der Waals surface area (Å²) in [6.45, 7) is -0.519. The fraction of sp³-hybridized carbons (Fsp3) is 0.417. The fourth-order valence-corrected chi connectivity index (χ4v) is 3.68. The first kappa shape index (κ1) is 25.6. The van der Waals surface area contributed by atoms with Crippen molar-refractivity contribution in [3.05, 3.63) is 71.8 Å². The van der Waals surface area contributed by atoms with E-state index >= 15 is 0 Å². The van der Waals surface area contributed by atoms with Crippen LogP contribution in [0.5, 0.6) is 0 Å². The van der Waals surface area contributed by atoms with Gasteiger partial charge in [0.05, 0.1) is 12.6 Å². The molecular weight excluding hydrogens is 444 g/mol. The van der Waals surface area contributed by atoms with E-state index in [2.05, 4.69) is 10.6 Å². The number of hydrogen-bond acceptors (Lipinski definition) is 8. The summed E-state index contributed by atoms with van der Waals surface area (Å²) in [5, 5.41) is 35.6. The molecule has 2 amide bonds. The van der Waals surface area contributed by atoms with Gasteiger partial charge in [-0.15, -0.1) is 0 Å². The van der Waals surface area contributed by atoms with Crippen LogP contribution >= 0.6 is 0 Å². The maximum atomic E-state index is 13.2. The van der Waals surface area contributed by atoms with Crippen molar-refractivity contribution in [2.75, 3.05) is 13.7 Å². The number of methoxy groups -OCH3 is 1. The molecule has 1 saturated heterocycles. The van der Waals surface area contributed by atoms with Crippen molar-refractivity contribution < 1.29 is 39.1 Å². The van der Waals surface area contributed by atoms with Crippen LogP contribution in [0.2, 0.25) is 0 Å². The quantitative estimate of drug-likeness (QED) is 0.344. The Kier molecular flexibility index (Phi) is 9.37. The van der Waals surface area contributed by atoms with Crippen LogP contribution in [0.4, 0.5) is 4.79 Å². The summed E-state index contributed by atoms with van der Waals surface area (Å²) in [7, 11) is 1.29. The maximum Gasteiger partial charge on any atom is 0.408 e. The molecule has 5 N–H and O–H groups in total. The Labute approximate surface area is 197 Å². The summed E-state index contributed by atoms with van der Waals surface area (Å²) >= 11 is 0. The average Bonchev–Trinajstić information content (AvgIpc) is 2.86. The Balaban J connectivity index is 1.71. The highest BCUT2D eigenvalue weighted by Crippen LogP contribution is 2.22. The van der Waals surface area contributed by atoms with Gasteiger partial charge in [0, 0.05) is 13.5 Å². The number of ether oxygens (including phenoxy) is 3. The predicted octanol–water partition coefficient (Wildman–Crippen LogP) is 0.0943. The van der Waals surface area contributed by atoms with Gasteiger partial charge in [0.25, 0.3) is 0 Å². The Morgan fingerprint density at radius 1 is 1.00 bits per heavy atom. The SMILES string of the molecule is COC1OC(CO)C(O)C(NC(=O)C(Cc2ccccc2)NC(=O)OCc2ccccc2)C1O. The second-order valence-corrected chi connectivity index (χ2v) is 7.93. The van der Waals surface area contributed by atoms with Crippen molar-refractivity contribution in [2.45, 2.75) is 49.7 Å². The van der Waals surface area contributed by atoms with Gasteiger partial charge in [-0.05, 0) is 11.1 Å². The Hall–Kier alpha value is -3.02. The number of alkyl carbamates (subject to hydrolysis) is 1. The lowest BCUT2D eigenvalue weighted by Gasteiger charge is -2.42. The van der Waals surface area contributed by atoms with Crippen molar-refractivity contribution in [3.63, 3.8) is 0 Å². The monoisotopic (exact) mass is 474 g/mol. The minimum Gasteiger partial charge on any atom is -0.445 e. The normalized spacial score (nSPS) is 25.2. The molecule has 0 saturated carbocycles. The third kappa shape index (κ3) is 6.75. The zero-order chi connectivity index (χ0) is 24.5. The topological polar surface area (TPSA) is 147 Å². The highest BCUT2D eigenvalue weighted by atomic mass is 16.7. The fourth-order valence-electron chi connectivity index (χ4n) is 3.68. The second kappa shape index (κ2) is 12.4. The van der Waals surface area contributed by atoms with E-state index in [0.717, 1.165) is 11.1 Å². The summed E-state index contributed by atoms with van der Waals surface area (Å²) in [6.07, 6.45) is -5.71. The molecule has 2 aromatic carbocycles. The summed E-state index contributed by atoms with van der Waals surface area (Å²) in [6, 6.07) is 15.9. The third-order valence-corrected chi connectivity index (χ3v) is 5.53. The highest BCUT2D eigenvalue weighted by molar-refractivity contribution is 5.86.